The van der Waals surface area contributed by atoms with Crippen molar-refractivity contribution in [1.82, 2.24) is 5.32 Å². The van der Waals surface area contributed by atoms with Gasteiger partial charge in [0.05, 0.1) is 12.1 Å². The van der Waals surface area contributed by atoms with Crippen LogP contribution in [-0.2, 0) is 4.74 Å². The summed E-state index contributed by atoms with van der Waals surface area (Å²) in [6.45, 7) is 5.76. The van der Waals surface area contributed by atoms with E-state index in [1.54, 1.807) is 13.2 Å². The number of hydrogen-bond donors (Lipinski definition) is 2. The Labute approximate surface area is 127 Å². The molecule has 0 unspecified atom stereocenters. The van der Waals surface area contributed by atoms with Crippen molar-refractivity contribution in [3.05, 3.63) is 35.4 Å². The quantitative estimate of drug-likeness (QED) is 0.784. The summed E-state index contributed by atoms with van der Waals surface area (Å²) in [5, 5.41) is 2.97. The summed E-state index contributed by atoms with van der Waals surface area (Å²) in [5.74, 6) is 5.60. The maximum Gasteiger partial charge on any atom is 0.252 e. The zero-order valence-electron chi connectivity index (χ0n) is 13.0. The van der Waals surface area contributed by atoms with Gasteiger partial charge < -0.3 is 15.8 Å². The first-order chi connectivity index (χ1) is 10.00. The number of amides is 1. The minimum absolute atomic E-state index is 0.0104. The first-order valence-corrected chi connectivity index (χ1v) is 7.05. The van der Waals surface area contributed by atoms with Crippen molar-refractivity contribution in [2.24, 2.45) is 11.1 Å². The maximum absolute atomic E-state index is 12.3. The second kappa shape index (κ2) is 8.46. The highest BCUT2D eigenvalue weighted by molar-refractivity contribution is 5.96. The molecule has 4 nitrogen and oxygen atoms in total. The summed E-state index contributed by atoms with van der Waals surface area (Å²) in [5.41, 5.74) is 6.66. The van der Waals surface area contributed by atoms with Gasteiger partial charge in [0.15, 0.2) is 0 Å². The molecule has 0 heterocycles. The highest BCUT2D eigenvalue weighted by atomic mass is 16.5. The highest BCUT2D eigenvalue weighted by Gasteiger charge is 2.19. The van der Waals surface area contributed by atoms with Gasteiger partial charge in [0.1, 0.15) is 0 Å². The van der Waals surface area contributed by atoms with E-state index in [1.807, 2.05) is 18.2 Å². The molecule has 0 aromatic heterocycles. The van der Waals surface area contributed by atoms with E-state index in [4.69, 9.17) is 10.5 Å². The highest BCUT2D eigenvalue weighted by Crippen LogP contribution is 2.19. The standard InChI is InChI=1S/C17H24N2O2/c1-17(2,10-12-21-3)13-19-16(20)15-9-5-4-7-14(15)8-6-11-18/h4-5,7,9H,10-13,18H2,1-3H3,(H,19,20). The Morgan fingerprint density at radius 2 is 2.10 bits per heavy atom. The molecule has 0 spiro atoms. The number of methoxy groups -OCH3 is 1. The molecule has 3 N–H and O–H groups in total. The van der Waals surface area contributed by atoms with Gasteiger partial charge in [-0.3, -0.25) is 4.79 Å². The summed E-state index contributed by atoms with van der Waals surface area (Å²) >= 11 is 0. The van der Waals surface area contributed by atoms with E-state index in [2.05, 4.69) is 31.0 Å². The average molecular weight is 288 g/mol. The van der Waals surface area contributed by atoms with Crippen LogP contribution in [0.4, 0.5) is 0 Å². The van der Waals surface area contributed by atoms with Gasteiger partial charge in [-0.25, -0.2) is 0 Å². The van der Waals surface area contributed by atoms with Crippen LogP contribution in [0.15, 0.2) is 24.3 Å². The predicted octanol–water partition coefficient (Wildman–Crippen LogP) is 1.79. The van der Waals surface area contributed by atoms with E-state index >= 15 is 0 Å². The van der Waals surface area contributed by atoms with Gasteiger partial charge in [0.2, 0.25) is 0 Å². The van der Waals surface area contributed by atoms with Gasteiger partial charge in [-0.1, -0.05) is 37.8 Å². The Morgan fingerprint density at radius 1 is 1.38 bits per heavy atom. The van der Waals surface area contributed by atoms with E-state index in [-0.39, 0.29) is 17.9 Å². The molecule has 0 aliphatic carbocycles. The first kappa shape index (κ1) is 17.2. The van der Waals surface area contributed by atoms with Gasteiger partial charge in [-0.2, -0.15) is 0 Å². The number of rotatable bonds is 6. The third kappa shape index (κ3) is 5.99. The minimum atomic E-state index is -0.109. The molecule has 0 bridgehead atoms. The van der Waals surface area contributed by atoms with Crippen LogP contribution in [0, 0.1) is 17.3 Å². The first-order valence-electron chi connectivity index (χ1n) is 7.05. The normalized spacial score (nSPS) is 10.7. The number of ether oxygens (including phenoxy) is 1. The lowest BCUT2D eigenvalue weighted by atomic mass is 9.89. The summed E-state index contributed by atoms with van der Waals surface area (Å²) in [6, 6.07) is 7.30. The largest absolute Gasteiger partial charge is 0.385 e. The Hall–Kier alpha value is -1.83. The van der Waals surface area contributed by atoms with Crippen molar-refractivity contribution >= 4 is 5.91 Å². The lowest BCUT2D eigenvalue weighted by Crippen LogP contribution is -2.35. The van der Waals surface area contributed by atoms with Gasteiger partial charge in [-0.05, 0) is 24.0 Å². The van der Waals surface area contributed by atoms with Crippen molar-refractivity contribution in [3.8, 4) is 11.8 Å². The van der Waals surface area contributed by atoms with E-state index in [0.29, 0.717) is 24.3 Å². The number of hydrogen-bond acceptors (Lipinski definition) is 3. The van der Waals surface area contributed by atoms with Crippen LogP contribution < -0.4 is 11.1 Å². The Kier molecular flexibility index (Phi) is 6.93. The minimum Gasteiger partial charge on any atom is -0.385 e. The number of nitrogens with one attached hydrogen (secondary N) is 1. The van der Waals surface area contributed by atoms with Crippen LogP contribution in [-0.4, -0.2) is 32.7 Å². The third-order valence-electron chi connectivity index (χ3n) is 3.21. The second-order valence-electron chi connectivity index (χ2n) is 5.64. The van der Waals surface area contributed by atoms with Crippen molar-refractivity contribution in [3.63, 3.8) is 0 Å². The van der Waals surface area contributed by atoms with Crippen LogP contribution in [0.25, 0.3) is 0 Å². The Morgan fingerprint density at radius 3 is 2.76 bits per heavy atom. The molecule has 1 aromatic rings. The number of nitrogens with two attached hydrogens (primary N) is 1. The van der Waals surface area contributed by atoms with Crippen molar-refractivity contribution in [2.75, 3.05) is 26.8 Å². The predicted molar refractivity (Wildman–Crippen MR) is 85.0 cm³/mol. The van der Waals surface area contributed by atoms with Gasteiger partial charge in [-0.15, -0.1) is 0 Å². The van der Waals surface area contributed by atoms with E-state index in [9.17, 15) is 4.79 Å². The average Bonchev–Trinajstić information content (AvgIpc) is 2.49. The van der Waals surface area contributed by atoms with Crippen molar-refractivity contribution < 1.29 is 9.53 Å². The molecule has 114 valence electrons. The number of benzene rings is 1. The molecule has 0 aliphatic rings. The molecule has 0 radical (unpaired) electrons. The third-order valence-corrected chi connectivity index (χ3v) is 3.21. The molecule has 1 amide bonds. The molecule has 0 aliphatic heterocycles. The fraction of sp³-hybridized carbons (Fsp3) is 0.471. The van der Waals surface area contributed by atoms with E-state index in [0.717, 1.165) is 6.42 Å². The Bertz CT molecular complexity index is 527. The molecule has 1 rings (SSSR count). The van der Waals surface area contributed by atoms with Crippen LogP contribution in [0.2, 0.25) is 0 Å². The smallest absolute Gasteiger partial charge is 0.252 e. The molecular weight excluding hydrogens is 264 g/mol. The van der Waals surface area contributed by atoms with E-state index in [1.165, 1.54) is 0 Å². The fourth-order valence-electron chi connectivity index (χ4n) is 1.82. The van der Waals surface area contributed by atoms with Crippen LogP contribution >= 0.6 is 0 Å². The summed E-state index contributed by atoms with van der Waals surface area (Å²) in [4.78, 5) is 12.3. The Balaban J connectivity index is 2.72. The van der Waals surface area contributed by atoms with Crippen molar-refractivity contribution in [2.45, 2.75) is 20.3 Å². The van der Waals surface area contributed by atoms with E-state index < -0.39 is 0 Å². The zero-order valence-corrected chi connectivity index (χ0v) is 13.0. The number of carbonyl (C=O) groups excluding carboxylic acids is 1. The molecule has 0 atom stereocenters. The van der Waals surface area contributed by atoms with Crippen LogP contribution in [0.5, 0.6) is 0 Å². The fourth-order valence-corrected chi connectivity index (χ4v) is 1.82. The summed E-state index contributed by atoms with van der Waals surface area (Å²) in [6.07, 6.45) is 0.887. The summed E-state index contributed by atoms with van der Waals surface area (Å²) in [7, 11) is 1.68. The second-order valence-corrected chi connectivity index (χ2v) is 5.64. The lowest BCUT2D eigenvalue weighted by Gasteiger charge is -2.24. The van der Waals surface area contributed by atoms with Crippen LogP contribution in [0.1, 0.15) is 36.2 Å². The lowest BCUT2D eigenvalue weighted by molar-refractivity contribution is 0.0920. The SMILES string of the molecule is COCCC(C)(C)CNC(=O)c1ccccc1C#CCN. The monoisotopic (exact) mass is 288 g/mol. The maximum atomic E-state index is 12.3. The van der Waals surface area contributed by atoms with Crippen LogP contribution in [0.3, 0.4) is 0 Å². The summed E-state index contributed by atoms with van der Waals surface area (Å²) < 4.78 is 5.09. The zero-order chi connectivity index (χ0) is 15.7. The van der Waals surface area contributed by atoms with Crippen molar-refractivity contribution in [1.29, 1.82) is 0 Å². The number of carbonyl (C=O) groups is 1. The molecule has 1 aromatic carbocycles. The molecular formula is C17H24N2O2. The molecule has 0 saturated carbocycles. The molecule has 21 heavy (non-hydrogen) atoms. The van der Waals surface area contributed by atoms with Gasteiger partial charge in [0.25, 0.3) is 5.91 Å². The topological polar surface area (TPSA) is 64.3 Å². The molecule has 0 fully saturated rings. The van der Waals surface area contributed by atoms with Gasteiger partial charge in [0, 0.05) is 25.8 Å². The van der Waals surface area contributed by atoms with Gasteiger partial charge >= 0.3 is 0 Å². The molecule has 0 saturated heterocycles. The molecule has 4 heteroatoms.